The number of hydrogen-bond donors (Lipinski definition) is 0. The Morgan fingerprint density at radius 1 is 1.13 bits per heavy atom. The zero-order valence-electron chi connectivity index (χ0n) is 8.93. The minimum atomic E-state index is 0.222. The van der Waals surface area contributed by atoms with Crippen LogP contribution < -0.4 is 0 Å². The van der Waals surface area contributed by atoms with E-state index in [4.69, 9.17) is 34.8 Å². The van der Waals surface area contributed by atoms with E-state index in [1.54, 1.807) is 0 Å². The fourth-order valence-electron chi connectivity index (χ4n) is 1.33. The Morgan fingerprint density at radius 2 is 1.80 bits per heavy atom. The predicted octanol–water partition coefficient (Wildman–Crippen LogP) is 5.19. The largest absolute Gasteiger partial charge is 0.123 e. The van der Waals surface area contributed by atoms with Crippen LogP contribution in [0.3, 0.4) is 0 Å². The normalized spacial score (nSPS) is 13.2. The lowest BCUT2D eigenvalue weighted by Gasteiger charge is -2.12. The molecule has 1 unspecified atom stereocenters. The summed E-state index contributed by atoms with van der Waals surface area (Å²) in [6, 6.07) is 5.74. The van der Waals surface area contributed by atoms with E-state index < -0.39 is 0 Å². The molecule has 0 heterocycles. The van der Waals surface area contributed by atoms with Crippen molar-refractivity contribution in [1.29, 1.82) is 0 Å². The highest BCUT2D eigenvalue weighted by Crippen LogP contribution is 2.24. The van der Waals surface area contributed by atoms with Gasteiger partial charge in [-0.3, -0.25) is 0 Å². The molecule has 0 fully saturated rings. The van der Waals surface area contributed by atoms with Crippen molar-refractivity contribution in [2.75, 3.05) is 0 Å². The van der Waals surface area contributed by atoms with Gasteiger partial charge in [-0.1, -0.05) is 43.1 Å². The summed E-state index contributed by atoms with van der Waals surface area (Å²) >= 11 is 17.9. The third-order valence-corrected chi connectivity index (χ3v) is 3.88. The smallest absolute Gasteiger partial charge is 0.0595 e. The lowest BCUT2D eigenvalue weighted by atomic mass is 10.0. The van der Waals surface area contributed by atoms with E-state index in [0.717, 1.165) is 12.8 Å². The van der Waals surface area contributed by atoms with Gasteiger partial charge in [0.15, 0.2) is 0 Å². The van der Waals surface area contributed by atoms with Gasteiger partial charge in [0.05, 0.1) is 10.0 Å². The molecule has 1 atom stereocenters. The summed E-state index contributed by atoms with van der Waals surface area (Å²) in [5.74, 6) is 0.509. The molecule has 1 aromatic rings. The molecule has 0 spiro atoms. The molecule has 1 aromatic carbocycles. The number of rotatable bonds is 4. The van der Waals surface area contributed by atoms with Gasteiger partial charge in [0, 0.05) is 5.38 Å². The molecule has 3 heteroatoms. The lowest BCUT2D eigenvalue weighted by molar-refractivity contribution is 0.565. The van der Waals surface area contributed by atoms with Crippen molar-refractivity contribution in [2.45, 2.75) is 32.1 Å². The van der Waals surface area contributed by atoms with Gasteiger partial charge in [-0.25, -0.2) is 0 Å². The van der Waals surface area contributed by atoms with Crippen molar-refractivity contribution in [3.8, 4) is 0 Å². The monoisotopic (exact) mass is 264 g/mol. The highest BCUT2D eigenvalue weighted by atomic mass is 35.5. The Hall–Kier alpha value is 0.0900. The van der Waals surface area contributed by atoms with Gasteiger partial charge in [-0.2, -0.15) is 0 Å². The SMILES string of the molecule is CC(C)C(Cl)CCc1ccc(Cl)c(Cl)c1. The maximum atomic E-state index is 6.18. The molecule has 0 saturated heterocycles. The number of benzene rings is 1. The minimum absolute atomic E-state index is 0.222. The van der Waals surface area contributed by atoms with E-state index in [2.05, 4.69) is 13.8 Å². The molecule has 0 bridgehead atoms. The molecule has 0 saturated carbocycles. The van der Waals surface area contributed by atoms with Gasteiger partial charge in [0.1, 0.15) is 0 Å². The summed E-state index contributed by atoms with van der Waals surface area (Å²) in [7, 11) is 0. The third kappa shape index (κ3) is 4.22. The van der Waals surface area contributed by atoms with Crippen molar-refractivity contribution in [3.05, 3.63) is 33.8 Å². The van der Waals surface area contributed by atoms with Gasteiger partial charge in [0.2, 0.25) is 0 Å². The van der Waals surface area contributed by atoms with E-state index in [1.165, 1.54) is 5.56 Å². The molecule has 0 aliphatic rings. The van der Waals surface area contributed by atoms with Crippen LogP contribution in [0.4, 0.5) is 0 Å². The molecule has 0 aliphatic carbocycles. The fraction of sp³-hybridized carbons (Fsp3) is 0.500. The summed E-state index contributed by atoms with van der Waals surface area (Å²) in [6.07, 6.45) is 1.92. The van der Waals surface area contributed by atoms with Crippen LogP contribution in [0.15, 0.2) is 18.2 Å². The first kappa shape index (κ1) is 13.2. The van der Waals surface area contributed by atoms with Crippen LogP contribution in [0.5, 0.6) is 0 Å². The lowest BCUT2D eigenvalue weighted by Crippen LogP contribution is -2.08. The van der Waals surface area contributed by atoms with Crippen molar-refractivity contribution >= 4 is 34.8 Å². The van der Waals surface area contributed by atoms with E-state index in [0.29, 0.717) is 16.0 Å². The summed E-state index contributed by atoms with van der Waals surface area (Å²) in [5, 5.41) is 1.44. The molecule has 0 nitrogen and oxygen atoms in total. The summed E-state index contributed by atoms with van der Waals surface area (Å²) in [6.45, 7) is 4.26. The van der Waals surface area contributed by atoms with Crippen LogP contribution in [0.1, 0.15) is 25.8 Å². The van der Waals surface area contributed by atoms with E-state index in [1.807, 2.05) is 18.2 Å². The van der Waals surface area contributed by atoms with E-state index in [-0.39, 0.29) is 5.38 Å². The van der Waals surface area contributed by atoms with Crippen LogP contribution in [0, 0.1) is 5.92 Å². The van der Waals surface area contributed by atoms with Crippen molar-refractivity contribution in [3.63, 3.8) is 0 Å². The maximum absolute atomic E-state index is 6.18. The second-order valence-corrected chi connectivity index (χ2v) is 5.42. The molecule has 0 amide bonds. The number of hydrogen-bond acceptors (Lipinski definition) is 0. The molecule has 0 aliphatic heterocycles. The summed E-state index contributed by atoms with van der Waals surface area (Å²) in [5.41, 5.74) is 1.19. The summed E-state index contributed by atoms with van der Waals surface area (Å²) in [4.78, 5) is 0. The second-order valence-electron chi connectivity index (χ2n) is 4.05. The molecular formula is C12H15Cl3. The standard InChI is InChI=1S/C12H15Cl3/c1-8(2)10(13)5-3-9-4-6-11(14)12(15)7-9/h4,6-8,10H,3,5H2,1-2H3. The molecule has 0 aromatic heterocycles. The zero-order chi connectivity index (χ0) is 11.4. The highest BCUT2D eigenvalue weighted by molar-refractivity contribution is 6.42. The van der Waals surface area contributed by atoms with Crippen LogP contribution in [0.2, 0.25) is 10.0 Å². The van der Waals surface area contributed by atoms with Crippen LogP contribution >= 0.6 is 34.8 Å². The van der Waals surface area contributed by atoms with Crippen LogP contribution in [-0.4, -0.2) is 5.38 Å². The molecule has 15 heavy (non-hydrogen) atoms. The molecule has 1 rings (SSSR count). The van der Waals surface area contributed by atoms with Crippen molar-refractivity contribution in [2.24, 2.45) is 5.92 Å². The van der Waals surface area contributed by atoms with Gasteiger partial charge in [0.25, 0.3) is 0 Å². The number of halogens is 3. The van der Waals surface area contributed by atoms with Gasteiger partial charge >= 0.3 is 0 Å². The Kier molecular flexibility index (Phi) is 5.25. The minimum Gasteiger partial charge on any atom is -0.123 e. The second kappa shape index (κ2) is 5.98. The average molecular weight is 266 g/mol. The third-order valence-electron chi connectivity index (χ3n) is 2.42. The first-order valence-electron chi connectivity index (χ1n) is 5.08. The maximum Gasteiger partial charge on any atom is 0.0595 e. The highest BCUT2D eigenvalue weighted by Gasteiger charge is 2.09. The quantitative estimate of drug-likeness (QED) is 0.657. The molecule has 0 N–H and O–H groups in total. The van der Waals surface area contributed by atoms with Crippen LogP contribution in [0.25, 0.3) is 0 Å². The number of alkyl halides is 1. The first-order chi connectivity index (χ1) is 7.00. The molecular weight excluding hydrogens is 250 g/mol. The zero-order valence-corrected chi connectivity index (χ0v) is 11.2. The van der Waals surface area contributed by atoms with Crippen LogP contribution in [-0.2, 0) is 6.42 Å². The average Bonchev–Trinajstić information content (AvgIpc) is 2.19. The van der Waals surface area contributed by atoms with Gasteiger partial charge < -0.3 is 0 Å². The van der Waals surface area contributed by atoms with Gasteiger partial charge in [-0.05, 0) is 36.5 Å². The van der Waals surface area contributed by atoms with E-state index in [9.17, 15) is 0 Å². The Bertz CT molecular complexity index is 321. The fourth-order valence-corrected chi connectivity index (χ4v) is 1.76. The Labute approximate surface area is 107 Å². The van der Waals surface area contributed by atoms with Crippen molar-refractivity contribution < 1.29 is 0 Å². The number of aryl methyl sites for hydroxylation is 1. The predicted molar refractivity (Wildman–Crippen MR) is 69.3 cm³/mol. The topological polar surface area (TPSA) is 0 Å². The molecule has 84 valence electrons. The molecule has 0 radical (unpaired) electrons. The van der Waals surface area contributed by atoms with Crippen molar-refractivity contribution in [1.82, 2.24) is 0 Å². The first-order valence-corrected chi connectivity index (χ1v) is 6.28. The summed E-state index contributed by atoms with van der Waals surface area (Å²) < 4.78 is 0. The van der Waals surface area contributed by atoms with E-state index >= 15 is 0 Å². The Balaban J connectivity index is 2.55. The Morgan fingerprint density at radius 3 is 2.33 bits per heavy atom. The van der Waals surface area contributed by atoms with Gasteiger partial charge in [-0.15, -0.1) is 11.6 Å².